The summed E-state index contributed by atoms with van der Waals surface area (Å²) < 4.78 is 12.3. The fraction of sp³-hybridized carbons (Fsp3) is 0.517. The van der Waals surface area contributed by atoms with Crippen molar-refractivity contribution >= 4 is 11.9 Å². The molecule has 0 radical (unpaired) electrons. The van der Waals surface area contributed by atoms with Gasteiger partial charge in [0.15, 0.2) is 0 Å². The second-order valence-electron chi connectivity index (χ2n) is 9.71. The van der Waals surface area contributed by atoms with Crippen LogP contribution in [-0.4, -0.2) is 23.1 Å². The van der Waals surface area contributed by atoms with Crippen LogP contribution in [0.4, 0.5) is 0 Å². The molecule has 176 valence electrons. The minimum atomic E-state index is -0.650. The molecule has 0 N–H and O–H groups in total. The summed E-state index contributed by atoms with van der Waals surface area (Å²) in [6.07, 6.45) is 21.6. The van der Waals surface area contributed by atoms with Crippen LogP contribution in [0.25, 0.3) is 0 Å². The Balaban J connectivity index is 1.59. The summed E-state index contributed by atoms with van der Waals surface area (Å²) in [5, 5.41) is 0. The van der Waals surface area contributed by atoms with E-state index in [9.17, 15) is 9.59 Å². The molecule has 4 rings (SSSR count). The lowest BCUT2D eigenvalue weighted by Gasteiger charge is -2.34. The molecular formula is C29H36O4. The van der Waals surface area contributed by atoms with Crippen molar-refractivity contribution in [2.45, 2.75) is 83.8 Å². The molecule has 4 aliphatic carbocycles. The number of rotatable bonds is 8. The second-order valence-corrected chi connectivity index (χ2v) is 9.71. The molecule has 2 bridgehead atoms. The summed E-state index contributed by atoms with van der Waals surface area (Å²) >= 11 is 0. The van der Waals surface area contributed by atoms with Crippen LogP contribution >= 0.6 is 0 Å². The van der Waals surface area contributed by atoms with E-state index in [-0.39, 0.29) is 23.8 Å². The Hall–Kier alpha value is -2.62. The minimum absolute atomic E-state index is 0.0710. The Morgan fingerprint density at radius 3 is 1.58 bits per heavy atom. The van der Waals surface area contributed by atoms with Crippen molar-refractivity contribution in [3.05, 3.63) is 70.9 Å². The van der Waals surface area contributed by atoms with Gasteiger partial charge in [-0.2, -0.15) is 0 Å². The minimum Gasteiger partial charge on any atom is -0.451 e. The van der Waals surface area contributed by atoms with Crippen molar-refractivity contribution in [3.63, 3.8) is 0 Å². The maximum atomic E-state index is 13.5. The third-order valence-electron chi connectivity index (χ3n) is 7.77. The van der Waals surface area contributed by atoms with E-state index in [1.54, 1.807) is 0 Å². The molecular weight excluding hydrogens is 412 g/mol. The van der Waals surface area contributed by atoms with Crippen molar-refractivity contribution in [2.75, 3.05) is 0 Å². The second kappa shape index (κ2) is 9.32. The number of carbonyl (C=O) groups excluding carboxylic acids is 2. The highest BCUT2D eigenvalue weighted by Gasteiger charge is 2.46. The predicted molar refractivity (Wildman–Crippen MR) is 130 cm³/mol. The van der Waals surface area contributed by atoms with Gasteiger partial charge in [0.2, 0.25) is 0 Å². The lowest BCUT2D eigenvalue weighted by molar-refractivity contribution is -0.154. The third-order valence-corrected chi connectivity index (χ3v) is 7.77. The largest absolute Gasteiger partial charge is 0.451 e. The molecule has 0 spiro atoms. The molecule has 33 heavy (non-hydrogen) atoms. The lowest BCUT2D eigenvalue weighted by atomic mass is 9.85. The summed E-state index contributed by atoms with van der Waals surface area (Å²) in [7, 11) is 0. The average molecular weight is 449 g/mol. The van der Waals surface area contributed by atoms with E-state index >= 15 is 0 Å². The van der Waals surface area contributed by atoms with E-state index in [2.05, 4.69) is 26.0 Å². The van der Waals surface area contributed by atoms with Crippen molar-refractivity contribution in [1.29, 1.82) is 0 Å². The summed E-state index contributed by atoms with van der Waals surface area (Å²) in [5.74, 6) is -0.889. The van der Waals surface area contributed by atoms with Crippen molar-refractivity contribution in [1.82, 2.24) is 0 Å². The molecule has 4 aliphatic rings. The third kappa shape index (κ3) is 4.45. The molecule has 0 aliphatic heterocycles. The van der Waals surface area contributed by atoms with Gasteiger partial charge in [0.1, 0.15) is 11.2 Å². The van der Waals surface area contributed by atoms with Crippen LogP contribution in [0, 0.1) is 11.8 Å². The Morgan fingerprint density at radius 1 is 0.788 bits per heavy atom. The molecule has 0 saturated carbocycles. The quantitative estimate of drug-likeness (QED) is 0.316. The summed E-state index contributed by atoms with van der Waals surface area (Å²) in [6, 6.07) is 0. The molecule has 4 atom stereocenters. The van der Waals surface area contributed by atoms with Crippen LogP contribution in [0.2, 0.25) is 0 Å². The molecule has 4 unspecified atom stereocenters. The molecule has 0 amide bonds. The van der Waals surface area contributed by atoms with E-state index in [1.807, 2.05) is 50.3 Å². The number of fused-ring (bicyclic) bond motifs is 2. The van der Waals surface area contributed by atoms with Crippen LogP contribution in [0.15, 0.2) is 70.9 Å². The van der Waals surface area contributed by atoms with Gasteiger partial charge in [-0.25, -0.2) is 9.59 Å². The standard InChI is InChI=1S/C29H36O4/c1-5-20-11-9-15-28(7-3,18-20)32-26(30)24-22-13-14-23(17-22)25(24)27(31)33-29(8-4)16-10-12-21(6-2)19-29/h9-16,22-23H,5-8,17-19H2,1-4H3. The van der Waals surface area contributed by atoms with Crippen LogP contribution in [0.5, 0.6) is 0 Å². The molecule has 4 heteroatoms. The lowest BCUT2D eigenvalue weighted by Crippen LogP contribution is -2.37. The zero-order valence-electron chi connectivity index (χ0n) is 20.4. The monoisotopic (exact) mass is 448 g/mol. The topological polar surface area (TPSA) is 52.6 Å². The molecule has 0 saturated heterocycles. The Morgan fingerprint density at radius 2 is 1.21 bits per heavy atom. The van der Waals surface area contributed by atoms with Gasteiger partial charge in [0.25, 0.3) is 0 Å². The van der Waals surface area contributed by atoms with Crippen molar-refractivity contribution in [2.24, 2.45) is 11.8 Å². The Labute approximate surface area is 197 Å². The maximum Gasteiger partial charge on any atom is 0.336 e. The van der Waals surface area contributed by atoms with E-state index in [1.165, 1.54) is 11.1 Å². The molecule has 0 aromatic heterocycles. The highest BCUT2D eigenvalue weighted by atomic mass is 16.6. The first-order chi connectivity index (χ1) is 15.9. The van der Waals surface area contributed by atoms with Crippen LogP contribution in [0.3, 0.4) is 0 Å². The first kappa shape index (κ1) is 23.5. The summed E-state index contributed by atoms with van der Waals surface area (Å²) in [6.45, 7) is 8.32. The number of ether oxygens (including phenoxy) is 2. The van der Waals surface area contributed by atoms with Gasteiger partial charge in [-0.05, 0) is 44.3 Å². The first-order valence-corrected chi connectivity index (χ1v) is 12.5. The summed E-state index contributed by atoms with van der Waals surface area (Å²) in [5.41, 5.74) is 2.23. The number of carbonyl (C=O) groups is 2. The fourth-order valence-electron chi connectivity index (χ4n) is 5.51. The molecule has 0 heterocycles. The van der Waals surface area contributed by atoms with E-state index < -0.39 is 11.2 Å². The average Bonchev–Trinajstić information content (AvgIpc) is 3.46. The Kier molecular flexibility index (Phi) is 6.65. The first-order valence-electron chi connectivity index (χ1n) is 12.5. The molecule has 4 nitrogen and oxygen atoms in total. The fourth-order valence-corrected chi connectivity index (χ4v) is 5.51. The maximum absolute atomic E-state index is 13.5. The predicted octanol–water partition coefficient (Wildman–Crippen LogP) is 6.47. The highest BCUT2D eigenvalue weighted by molar-refractivity contribution is 6.03. The number of esters is 2. The van der Waals surface area contributed by atoms with Crippen LogP contribution in [0.1, 0.15) is 72.6 Å². The summed E-state index contributed by atoms with van der Waals surface area (Å²) in [4.78, 5) is 27.0. The molecule has 0 fully saturated rings. The Bertz CT molecular complexity index is 927. The van der Waals surface area contributed by atoms with Gasteiger partial charge in [-0.1, -0.05) is 75.3 Å². The van der Waals surface area contributed by atoms with Crippen LogP contribution in [-0.2, 0) is 19.1 Å². The zero-order valence-corrected chi connectivity index (χ0v) is 20.4. The normalized spacial score (nSPS) is 32.1. The highest BCUT2D eigenvalue weighted by Crippen LogP contribution is 2.47. The van der Waals surface area contributed by atoms with Gasteiger partial charge in [-0.3, -0.25) is 0 Å². The molecule has 0 aromatic carbocycles. The SMILES string of the molecule is CCC1=CC=CC(CC)(OC(=O)C2=C(C(=O)OC3(CC)C=CC=C(CC)C3)C3C=CC2C3)C1. The van der Waals surface area contributed by atoms with Crippen molar-refractivity contribution < 1.29 is 19.1 Å². The van der Waals surface area contributed by atoms with Gasteiger partial charge in [0.05, 0.1) is 11.1 Å². The van der Waals surface area contributed by atoms with E-state index in [0.29, 0.717) is 36.8 Å². The molecule has 0 aromatic rings. The van der Waals surface area contributed by atoms with Gasteiger partial charge < -0.3 is 9.47 Å². The van der Waals surface area contributed by atoms with Gasteiger partial charge >= 0.3 is 11.9 Å². The number of allylic oxidation sites excluding steroid dienone is 6. The van der Waals surface area contributed by atoms with E-state index in [4.69, 9.17) is 9.47 Å². The van der Waals surface area contributed by atoms with Crippen LogP contribution < -0.4 is 0 Å². The smallest absolute Gasteiger partial charge is 0.336 e. The van der Waals surface area contributed by atoms with Crippen molar-refractivity contribution in [3.8, 4) is 0 Å². The van der Waals surface area contributed by atoms with Gasteiger partial charge in [-0.15, -0.1) is 0 Å². The van der Waals surface area contributed by atoms with E-state index in [0.717, 1.165) is 19.3 Å². The van der Waals surface area contributed by atoms with Gasteiger partial charge in [0, 0.05) is 24.7 Å². The number of hydrogen-bond donors (Lipinski definition) is 0. The number of hydrogen-bond acceptors (Lipinski definition) is 4. The zero-order chi connectivity index (χ0) is 23.6.